The van der Waals surface area contributed by atoms with Crippen LogP contribution in [-0.4, -0.2) is 40.6 Å². The number of nitrogens with zero attached hydrogens (tertiary/aromatic N) is 2. The van der Waals surface area contributed by atoms with E-state index in [2.05, 4.69) is 17.4 Å². The molecule has 1 saturated heterocycles. The van der Waals surface area contributed by atoms with Crippen LogP contribution in [-0.2, 0) is 22.6 Å². The molecule has 0 unspecified atom stereocenters. The quantitative estimate of drug-likeness (QED) is 0.631. The van der Waals surface area contributed by atoms with Crippen LogP contribution in [0.2, 0.25) is 0 Å². The van der Waals surface area contributed by atoms with Gasteiger partial charge in [0.2, 0.25) is 0 Å². The minimum absolute atomic E-state index is 0.258. The predicted molar refractivity (Wildman–Crippen MR) is 106 cm³/mol. The van der Waals surface area contributed by atoms with Gasteiger partial charge in [0.1, 0.15) is 5.41 Å². The fourth-order valence-corrected chi connectivity index (χ4v) is 3.37. The van der Waals surface area contributed by atoms with Crippen molar-refractivity contribution in [1.82, 2.24) is 15.1 Å². The van der Waals surface area contributed by atoms with Gasteiger partial charge in [0.15, 0.2) is 0 Å². The lowest BCUT2D eigenvalue weighted by Crippen LogP contribution is -2.55. The Hall–Kier alpha value is -2.96. The van der Waals surface area contributed by atoms with Crippen LogP contribution >= 0.6 is 0 Å². The SMILES string of the molecule is O=C(O)C1(CNCc2cn(Cc3ccccc3)nc2-c2ccccc2)COC1. The van der Waals surface area contributed by atoms with Crippen molar-refractivity contribution < 1.29 is 14.6 Å². The van der Waals surface area contributed by atoms with Crippen molar-refractivity contribution in [2.75, 3.05) is 19.8 Å². The fourth-order valence-electron chi connectivity index (χ4n) is 3.37. The van der Waals surface area contributed by atoms with Crippen molar-refractivity contribution in [1.29, 1.82) is 0 Å². The molecule has 1 aromatic heterocycles. The van der Waals surface area contributed by atoms with Crippen molar-refractivity contribution in [2.45, 2.75) is 13.1 Å². The minimum Gasteiger partial charge on any atom is -0.481 e. The largest absolute Gasteiger partial charge is 0.481 e. The average Bonchev–Trinajstić information content (AvgIpc) is 3.07. The second-order valence-corrected chi connectivity index (χ2v) is 7.23. The zero-order valence-electron chi connectivity index (χ0n) is 15.5. The topological polar surface area (TPSA) is 76.4 Å². The average molecular weight is 377 g/mol. The van der Waals surface area contributed by atoms with Gasteiger partial charge in [-0.05, 0) is 5.56 Å². The molecule has 1 fully saturated rings. The summed E-state index contributed by atoms with van der Waals surface area (Å²) in [5.41, 5.74) is 3.38. The number of hydrogen-bond donors (Lipinski definition) is 2. The van der Waals surface area contributed by atoms with E-state index in [1.165, 1.54) is 5.56 Å². The van der Waals surface area contributed by atoms with Gasteiger partial charge in [0, 0.05) is 30.4 Å². The number of carboxylic acids is 1. The number of aliphatic carboxylic acids is 1. The molecule has 0 radical (unpaired) electrons. The van der Waals surface area contributed by atoms with Crippen LogP contribution in [0.4, 0.5) is 0 Å². The summed E-state index contributed by atoms with van der Waals surface area (Å²) in [6.07, 6.45) is 2.03. The summed E-state index contributed by atoms with van der Waals surface area (Å²) in [7, 11) is 0. The third kappa shape index (κ3) is 3.83. The molecular weight excluding hydrogens is 354 g/mol. The van der Waals surface area contributed by atoms with E-state index in [-0.39, 0.29) is 13.2 Å². The Morgan fingerprint density at radius 3 is 2.39 bits per heavy atom. The highest BCUT2D eigenvalue weighted by molar-refractivity contribution is 5.76. The van der Waals surface area contributed by atoms with E-state index in [1.807, 2.05) is 59.4 Å². The van der Waals surface area contributed by atoms with Gasteiger partial charge in [-0.2, -0.15) is 5.10 Å². The Morgan fingerprint density at radius 2 is 1.79 bits per heavy atom. The van der Waals surface area contributed by atoms with Crippen molar-refractivity contribution in [2.24, 2.45) is 5.41 Å². The molecule has 0 bridgehead atoms. The molecule has 28 heavy (non-hydrogen) atoms. The van der Waals surface area contributed by atoms with Crippen LogP contribution in [0.1, 0.15) is 11.1 Å². The van der Waals surface area contributed by atoms with Crippen LogP contribution in [0.3, 0.4) is 0 Å². The molecule has 4 rings (SSSR count). The van der Waals surface area contributed by atoms with Crippen LogP contribution < -0.4 is 5.32 Å². The van der Waals surface area contributed by atoms with Crippen molar-refractivity contribution >= 4 is 5.97 Å². The Labute approximate surface area is 163 Å². The molecular formula is C22H23N3O3. The van der Waals surface area contributed by atoms with E-state index in [0.717, 1.165) is 16.8 Å². The van der Waals surface area contributed by atoms with Gasteiger partial charge in [0.25, 0.3) is 0 Å². The number of benzene rings is 2. The maximum atomic E-state index is 11.5. The number of carbonyl (C=O) groups is 1. The van der Waals surface area contributed by atoms with Gasteiger partial charge in [-0.1, -0.05) is 60.7 Å². The first-order valence-corrected chi connectivity index (χ1v) is 9.34. The van der Waals surface area contributed by atoms with E-state index in [0.29, 0.717) is 19.6 Å². The first-order valence-electron chi connectivity index (χ1n) is 9.34. The van der Waals surface area contributed by atoms with E-state index >= 15 is 0 Å². The maximum absolute atomic E-state index is 11.5. The molecule has 3 aromatic rings. The number of ether oxygens (including phenoxy) is 1. The lowest BCUT2D eigenvalue weighted by atomic mass is 9.86. The molecule has 144 valence electrons. The highest BCUT2D eigenvalue weighted by atomic mass is 16.5. The summed E-state index contributed by atoms with van der Waals surface area (Å²) >= 11 is 0. The van der Waals surface area contributed by atoms with Gasteiger partial charge >= 0.3 is 5.97 Å². The highest BCUT2D eigenvalue weighted by Gasteiger charge is 2.45. The van der Waals surface area contributed by atoms with E-state index in [4.69, 9.17) is 9.84 Å². The van der Waals surface area contributed by atoms with E-state index in [9.17, 15) is 9.90 Å². The summed E-state index contributed by atoms with van der Waals surface area (Å²) in [4.78, 5) is 11.5. The zero-order chi connectivity index (χ0) is 19.4. The van der Waals surface area contributed by atoms with Crippen LogP contribution in [0.5, 0.6) is 0 Å². The summed E-state index contributed by atoms with van der Waals surface area (Å²) in [5, 5.41) is 17.5. The predicted octanol–water partition coefficient (Wildman–Crippen LogP) is 2.79. The first kappa shape index (κ1) is 18.4. The molecule has 2 aromatic carbocycles. The molecule has 6 heteroatoms. The fraction of sp³-hybridized carbons (Fsp3) is 0.273. The maximum Gasteiger partial charge on any atom is 0.315 e. The number of hydrogen-bond acceptors (Lipinski definition) is 4. The van der Waals surface area contributed by atoms with Gasteiger partial charge in [-0.25, -0.2) is 0 Å². The molecule has 2 N–H and O–H groups in total. The van der Waals surface area contributed by atoms with E-state index < -0.39 is 11.4 Å². The number of carboxylic acid groups (broad SMARTS) is 1. The standard InChI is InChI=1S/C22H23N3O3/c26-21(27)22(15-28-16-22)14-23-11-19-13-25(12-17-7-3-1-4-8-17)24-20(19)18-9-5-2-6-10-18/h1-10,13,23H,11-12,14-16H2,(H,26,27). The van der Waals surface area contributed by atoms with Crippen LogP contribution in [0, 0.1) is 5.41 Å². The van der Waals surface area contributed by atoms with Gasteiger partial charge < -0.3 is 15.2 Å². The second kappa shape index (κ2) is 7.96. The molecule has 0 saturated carbocycles. The third-order valence-electron chi connectivity index (χ3n) is 5.06. The number of nitrogens with one attached hydrogen (secondary N) is 1. The van der Waals surface area contributed by atoms with Crippen molar-refractivity contribution in [3.8, 4) is 11.3 Å². The lowest BCUT2D eigenvalue weighted by molar-refractivity contribution is -0.178. The van der Waals surface area contributed by atoms with Gasteiger partial charge in [-0.15, -0.1) is 0 Å². The molecule has 0 atom stereocenters. The summed E-state index contributed by atoms with van der Waals surface area (Å²) < 4.78 is 7.07. The number of rotatable bonds is 8. The molecule has 0 aliphatic carbocycles. The molecule has 0 spiro atoms. The Morgan fingerprint density at radius 1 is 1.11 bits per heavy atom. The molecule has 0 amide bonds. The zero-order valence-corrected chi connectivity index (χ0v) is 15.5. The molecule has 6 nitrogen and oxygen atoms in total. The smallest absolute Gasteiger partial charge is 0.315 e. The van der Waals surface area contributed by atoms with Crippen molar-refractivity contribution in [3.05, 3.63) is 78.0 Å². The molecule has 1 aliphatic heterocycles. The summed E-state index contributed by atoms with van der Waals surface area (Å²) in [6, 6.07) is 20.2. The van der Waals surface area contributed by atoms with Crippen LogP contribution in [0.15, 0.2) is 66.9 Å². The van der Waals surface area contributed by atoms with Gasteiger partial charge in [-0.3, -0.25) is 9.48 Å². The highest BCUT2D eigenvalue weighted by Crippen LogP contribution is 2.27. The van der Waals surface area contributed by atoms with Crippen molar-refractivity contribution in [3.63, 3.8) is 0 Å². The normalized spacial score (nSPS) is 15.1. The molecule has 2 heterocycles. The summed E-state index contributed by atoms with van der Waals surface area (Å²) in [5.74, 6) is -0.811. The first-order chi connectivity index (χ1) is 13.7. The van der Waals surface area contributed by atoms with Crippen LogP contribution in [0.25, 0.3) is 11.3 Å². The van der Waals surface area contributed by atoms with Gasteiger partial charge in [0.05, 0.1) is 25.5 Å². The third-order valence-corrected chi connectivity index (χ3v) is 5.06. The Kier molecular flexibility index (Phi) is 5.23. The minimum atomic E-state index is -0.813. The van der Waals surface area contributed by atoms with E-state index in [1.54, 1.807) is 0 Å². The monoisotopic (exact) mass is 377 g/mol. The Balaban J connectivity index is 1.53. The Bertz CT molecular complexity index is 934. The lowest BCUT2D eigenvalue weighted by Gasteiger charge is -2.37. The summed E-state index contributed by atoms with van der Waals surface area (Å²) in [6.45, 7) is 2.13. The molecule has 1 aliphatic rings. The second-order valence-electron chi connectivity index (χ2n) is 7.23. The number of aromatic nitrogens is 2.